The maximum atomic E-state index is 3.73. The molecule has 0 bridgehead atoms. The molecule has 0 unspecified atom stereocenters. The minimum absolute atomic E-state index is 0.566. The summed E-state index contributed by atoms with van der Waals surface area (Å²) >= 11 is 0. The second kappa shape index (κ2) is 9.15. The van der Waals surface area contributed by atoms with Gasteiger partial charge in [0.1, 0.15) is 0 Å². The van der Waals surface area contributed by atoms with Crippen LogP contribution < -0.4 is 5.32 Å². The minimum Gasteiger partial charge on any atom is -0.316 e. The molecule has 2 nitrogen and oxygen atoms in total. The van der Waals surface area contributed by atoms with Gasteiger partial charge in [-0.05, 0) is 57.0 Å². The lowest BCUT2D eigenvalue weighted by Gasteiger charge is -2.41. The van der Waals surface area contributed by atoms with Gasteiger partial charge in [0.15, 0.2) is 0 Å². The van der Waals surface area contributed by atoms with Crippen molar-refractivity contribution in [1.29, 1.82) is 0 Å². The van der Waals surface area contributed by atoms with Crippen molar-refractivity contribution < 1.29 is 0 Å². The van der Waals surface area contributed by atoms with Gasteiger partial charge in [-0.1, -0.05) is 45.4 Å². The summed E-state index contributed by atoms with van der Waals surface area (Å²) in [7, 11) is 2.38. The molecule has 1 N–H and O–H groups in total. The minimum atomic E-state index is 0.566. The van der Waals surface area contributed by atoms with E-state index in [0.29, 0.717) is 5.41 Å². The van der Waals surface area contributed by atoms with E-state index in [2.05, 4.69) is 24.2 Å². The lowest BCUT2D eigenvalue weighted by molar-refractivity contribution is 0.103. The number of nitrogens with one attached hydrogen (secondary N) is 1. The van der Waals surface area contributed by atoms with E-state index in [1.807, 2.05) is 0 Å². The van der Waals surface area contributed by atoms with Gasteiger partial charge < -0.3 is 10.2 Å². The molecule has 21 heavy (non-hydrogen) atoms. The third-order valence-electron chi connectivity index (χ3n) is 5.74. The largest absolute Gasteiger partial charge is 0.316 e. The smallest absolute Gasteiger partial charge is 0.00472 e. The van der Waals surface area contributed by atoms with E-state index in [-0.39, 0.29) is 0 Å². The fourth-order valence-electron chi connectivity index (χ4n) is 4.67. The third kappa shape index (κ3) is 5.90. The molecule has 2 saturated carbocycles. The molecule has 2 fully saturated rings. The van der Waals surface area contributed by atoms with Gasteiger partial charge in [0.2, 0.25) is 0 Å². The number of rotatable bonds is 8. The molecule has 0 heterocycles. The van der Waals surface area contributed by atoms with Gasteiger partial charge in [-0.25, -0.2) is 0 Å². The SMILES string of the molecule is CCCNCC1(CN(C)CC2CCCCC2)CCCCC1. The van der Waals surface area contributed by atoms with E-state index in [0.717, 1.165) is 5.92 Å². The predicted molar refractivity (Wildman–Crippen MR) is 92.8 cm³/mol. The zero-order valence-corrected chi connectivity index (χ0v) is 14.6. The molecule has 2 heteroatoms. The maximum Gasteiger partial charge on any atom is 0.00472 e. The molecule has 0 atom stereocenters. The van der Waals surface area contributed by atoms with E-state index in [9.17, 15) is 0 Å². The van der Waals surface area contributed by atoms with Crippen LogP contribution in [0.1, 0.15) is 77.6 Å². The fourth-order valence-corrected chi connectivity index (χ4v) is 4.67. The van der Waals surface area contributed by atoms with Crippen LogP contribution in [0.15, 0.2) is 0 Å². The van der Waals surface area contributed by atoms with Crippen molar-refractivity contribution >= 4 is 0 Å². The highest BCUT2D eigenvalue weighted by atomic mass is 15.1. The van der Waals surface area contributed by atoms with Gasteiger partial charge in [-0.15, -0.1) is 0 Å². The molecule has 0 radical (unpaired) electrons. The molecule has 0 spiro atoms. The zero-order valence-electron chi connectivity index (χ0n) is 14.6. The summed E-state index contributed by atoms with van der Waals surface area (Å²) in [6.45, 7) is 7.37. The number of hydrogen-bond acceptors (Lipinski definition) is 2. The van der Waals surface area contributed by atoms with Crippen LogP contribution in [0.25, 0.3) is 0 Å². The highest BCUT2D eigenvalue weighted by Crippen LogP contribution is 2.37. The summed E-state index contributed by atoms with van der Waals surface area (Å²) in [6.07, 6.45) is 15.9. The first-order valence-corrected chi connectivity index (χ1v) is 9.63. The van der Waals surface area contributed by atoms with Gasteiger partial charge in [-0.2, -0.15) is 0 Å². The molecule has 0 aromatic heterocycles. The van der Waals surface area contributed by atoms with Crippen molar-refractivity contribution in [3.05, 3.63) is 0 Å². The molecule has 2 aliphatic carbocycles. The lowest BCUT2D eigenvalue weighted by Crippen LogP contribution is -2.45. The molecule has 2 aliphatic rings. The Balaban J connectivity index is 1.81. The monoisotopic (exact) mass is 294 g/mol. The summed E-state index contributed by atoms with van der Waals surface area (Å²) in [5.41, 5.74) is 0.566. The quantitative estimate of drug-likeness (QED) is 0.665. The van der Waals surface area contributed by atoms with Crippen LogP contribution >= 0.6 is 0 Å². The van der Waals surface area contributed by atoms with Gasteiger partial charge >= 0.3 is 0 Å². The number of hydrogen-bond donors (Lipinski definition) is 1. The van der Waals surface area contributed by atoms with E-state index in [4.69, 9.17) is 0 Å². The van der Waals surface area contributed by atoms with Crippen LogP contribution in [-0.4, -0.2) is 38.1 Å². The zero-order chi connectivity index (χ0) is 15.0. The molecule has 0 aromatic carbocycles. The van der Waals surface area contributed by atoms with Crippen LogP contribution in [0, 0.1) is 11.3 Å². The van der Waals surface area contributed by atoms with Gasteiger partial charge in [0.05, 0.1) is 0 Å². The average Bonchev–Trinajstić information content (AvgIpc) is 2.49. The Morgan fingerprint density at radius 3 is 2.33 bits per heavy atom. The van der Waals surface area contributed by atoms with Crippen molar-refractivity contribution in [2.24, 2.45) is 11.3 Å². The molecular formula is C19H38N2. The Hall–Kier alpha value is -0.0800. The summed E-state index contributed by atoms with van der Waals surface area (Å²) in [5.74, 6) is 0.980. The standard InChI is InChI=1S/C19H38N2/c1-3-14-20-16-19(12-8-5-9-13-19)17-21(2)15-18-10-6-4-7-11-18/h18,20H,3-17H2,1-2H3. The first-order chi connectivity index (χ1) is 10.2. The Morgan fingerprint density at radius 1 is 1.00 bits per heavy atom. The van der Waals surface area contributed by atoms with Gasteiger partial charge in [0, 0.05) is 19.6 Å². The first kappa shape index (κ1) is 17.3. The van der Waals surface area contributed by atoms with Crippen LogP contribution in [0.2, 0.25) is 0 Å². The van der Waals surface area contributed by atoms with Crippen molar-refractivity contribution in [2.45, 2.75) is 77.6 Å². The van der Waals surface area contributed by atoms with Crippen molar-refractivity contribution in [3.63, 3.8) is 0 Å². The summed E-state index contributed by atoms with van der Waals surface area (Å²) in [5, 5.41) is 3.73. The Labute approximate surface area is 133 Å². The Morgan fingerprint density at radius 2 is 1.67 bits per heavy atom. The molecule has 2 rings (SSSR count). The molecule has 0 aliphatic heterocycles. The molecule has 124 valence electrons. The highest BCUT2D eigenvalue weighted by Gasteiger charge is 2.33. The van der Waals surface area contributed by atoms with Gasteiger partial charge in [0.25, 0.3) is 0 Å². The molecule has 0 amide bonds. The van der Waals surface area contributed by atoms with E-state index >= 15 is 0 Å². The third-order valence-corrected chi connectivity index (χ3v) is 5.74. The number of nitrogens with zero attached hydrogens (tertiary/aromatic N) is 1. The van der Waals surface area contributed by atoms with Crippen LogP contribution in [-0.2, 0) is 0 Å². The van der Waals surface area contributed by atoms with Crippen LogP contribution in [0.3, 0.4) is 0 Å². The van der Waals surface area contributed by atoms with E-state index < -0.39 is 0 Å². The van der Waals surface area contributed by atoms with Crippen molar-refractivity contribution in [2.75, 3.05) is 33.2 Å². The normalized spacial score (nSPS) is 23.6. The molecule has 0 aromatic rings. The van der Waals surface area contributed by atoms with E-state index in [1.54, 1.807) is 0 Å². The Kier molecular flexibility index (Phi) is 7.53. The second-order valence-electron chi connectivity index (χ2n) is 7.94. The predicted octanol–water partition coefficient (Wildman–Crippen LogP) is 4.45. The summed E-state index contributed by atoms with van der Waals surface area (Å²) in [6, 6.07) is 0. The fraction of sp³-hybridized carbons (Fsp3) is 1.00. The Bertz CT molecular complexity index is 265. The van der Waals surface area contributed by atoms with Gasteiger partial charge in [-0.3, -0.25) is 0 Å². The molecule has 0 saturated heterocycles. The van der Waals surface area contributed by atoms with Crippen molar-refractivity contribution in [1.82, 2.24) is 10.2 Å². The maximum absolute atomic E-state index is 3.73. The van der Waals surface area contributed by atoms with Crippen LogP contribution in [0.5, 0.6) is 0 Å². The lowest BCUT2D eigenvalue weighted by atomic mass is 9.73. The summed E-state index contributed by atoms with van der Waals surface area (Å²) in [4.78, 5) is 2.68. The second-order valence-corrected chi connectivity index (χ2v) is 7.94. The highest BCUT2D eigenvalue weighted by molar-refractivity contribution is 4.88. The van der Waals surface area contributed by atoms with E-state index in [1.165, 1.54) is 96.8 Å². The molecular weight excluding hydrogens is 256 g/mol. The summed E-state index contributed by atoms with van der Waals surface area (Å²) < 4.78 is 0. The topological polar surface area (TPSA) is 15.3 Å². The van der Waals surface area contributed by atoms with Crippen molar-refractivity contribution in [3.8, 4) is 0 Å². The first-order valence-electron chi connectivity index (χ1n) is 9.63. The van der Waals surface area contributed by atoms with Crippen LogP contribution in [0.4, 0.5) is 0 Å². The average molecular weight is 295 g/mol.